The van der Waals surface area contributed by atoms with Crippen molar-refractivity contribution < 1.29 is 9.59 Å². The Bertz CT molecular complexity index is 671. The first-order valence-corrected chi connectivity index (χ1v) is 11.6. The number of benzene rings is 1. The van der Waals surface area contributed by atoms with Crippen molar-refractivity contribution in [3.8, 4) is 0 Å². The quantitative estimate of drug-likeness (QED) is 0.785. The van der Waals surface area contributed by atoms with Crippen LogP contribution in [0.2, 0.25) is 0 Å². The van der Waals surface area contributed by atoms with Gasteiger partial charge in [0.15, 0.2) is 0 Å². The molecule has 0 aromatic heterocycles. The van der Waals surface area contributed by atoms with Crippen molar-refractivity contribution in [1.82, 2.24) is 14.7 Å². The highest BCUT2D eigenvalue weighted by molar-refractivity contribution is 5.79. The van der Waals surface area contributed by atoms with Crippen LogP contribution in [0.5, 0.6) is 0 Å². The number of hydrogen-bond donors (Lipinski definition) is 0. The summed E-state index contributed by atoms with van der Waals surface area (Å²) in [7, 11) is 0. The van der Waals surface area contributed by atoms with Crippen molar-refractivity contribution in [3.63, 3.8) is 0 Å². The Hall–Kier alpha value is -1.88. The molecule has 0 N–H and O–H groups in total. The molecule has 3 fully saturated rings. The van der Waals surface area contributed by atoms with Crippen LogP contribution in [0.15, 0.2) is 30.3 Å². The van der Waals surface area contributed by atoms with Gasteiger partial charge < -0.3 is 14.7 Å². The van der Waals surface area contributed by atoms with Crippen molar-refractivity contribution in [2.75, 3.05) is 39.3 Å². The van der Waals surface area contributed by atoms with Gasteiger partial charge >= 0.3 is 0 Å². The van der Waals surface area contributed by atoms with Gasteiger partial charge in [-0.2, -0.15) is 0 Å². The third-order valence-electron chi connectivity index (χ3n) is 7.08. The lowest BCUT2D eigenvalue weighted by Crippen LogP contribution is -2.51. The number of carbonyl (C=O) groups excluding carboxylic acids is 2. The molecule has 158 valence electrons. The minimum absolute atomic E-state index is 0.233. The van der Waals surface area contributed by atoms with E-state index in [0.29, 0.717) is 18.4 Å². The van der Waals surface area contributed by atoms with E-state index < -0.39 is 0 Å². The first-order valence-electron chi connectivity index (χ1n) is 11.6. The fourth-order valence-electron chi connectivity index (χ4n) is 5.25. The fourth-order valence-corrected chi connectivity index (χ4v) is 5.25. The van der Waals surface area contributed by atoms with Gasteiger partial charge in [0, 0.05) is 38.1 Å². The maximum Gasteiger partial charge on any atom is 0.226 e. The molecule has 3 aliphatic rings. The van der Waals surface area contributed by atoms with Gasteiger partial charge in [0.25, 0.3) is 0 Å². The molecule has 3 heterocycles. The Morgan fingerprint density at radius 3 is 2.07 bits per heavy atom. The monoisotopic (exact) mass is 397 g/mol. The van der Waals surface area contributed by atoms with Crippen LogP contribution >= 0.6 is 0 Å². The number of piperidine rings is 3. The number of carbonyl (C=O) groups is 2. The van der Waals surface area contributed by atoms with E-state index in [9.17, 15) is 9.59 Å². The van der Waals surface area contributed by atoms with Crippen molar-refractivity contribution >= 4 is 11.8 Å². The maximum atomic E-state index is 12.8. The van der Waals surface area contributed by atoms with Crippen LogP contribution < -0.4 is 0 Å². The first-order chi connectivity index (χ1) is 14.2. The zero-order valence-corrected chi connectivity index (χ0v) is 17.6. The minimum Gasteiger partial charge on any atom is -0.342 e. The first kappa shape index (κ1) is 20.4. The molecule has 0 spiro atoms. The molecule has 1 aromatic rings. The molecule has 29 heavy (non-hydrogen) atoms. The van der Waals surface area contributed by atoms with Gasteiger partial charge in [-0.1, -0.05) is 30.3 Å². The molecule has 0 radical (unpaired) electrons. The summed E-state index contributed by atoms with van der Waals surface area (Å²) >= 11 is 0. The van der Waals surface area contributed by atoms with Crippen LogP contribution in [0.4, 0.5) is 0 Å². The molecule has 0 atom stereocenters. The van der Waals surface area contributed by atoms with Crippen molar-refractivity contribution in [2.24, 2.45) is 5.92 Å². The van der Waals surface area contributed by atoms with E-state index in [1.165, 1.54) is 19.3 Å². The molecule has 1 aromatic carbocycles. The largest absolute Gasteiger partial charge is 0.342 e. The summed E-state index contributed by atoms with van der Waals surface area (Å²) in [5.74, 6) is 0.892. The molecule has 2 amide bonds. The molecule has 0 aliphatic carbocycles. The van der Waals surface area contributed by atoms with Crippen LogP contribution in [0.25, 0.3) is 0 Å². The lowest BCUT2D eigenvalue weighted by molar-refractivity contribution is -0.138. The van der Waals surface area contributed by atoms with E-state index in [0.717, 1.165) is 70.5 Å². The van der Waals surface area contributed by atoms with Gasteiger partial charge in [0.1, 0.15) is 0 Å². The van der Waals surface area contributed by atoms with Gasteiger partial charge in [0.05, 0.1) is 6.42 Å². The van der Waals surface area contributed by atoms with E-state index >= 15 is 0 Å². The second kappa shape index (κ2) is 9.75. The standard InChI is InChI=1S/C24H35N3O2/c28-23(19-20-7-3-1-4-8-20)26-17-11-22(12-18-26)25-15-9-21(10-16-25)24(29)27-13-5-2-6-14-27/h1,3-4,7-8,21-22H,2,5-6,9-19H2. The van der Waals surface area contributed by atoms with Gasteiger partial charge in [-0.3, -0.25) is 9.59 Å². The molecule has 0 saturated carbocycles. The zero-order chi connectivity index (χ0) is 20.1. The Labute approximate surface area is 175 Å². The second-order valence-corrected chi connectivity index (χ2v) is 8.97. The molecule has 5 heteroatoms. The Kier molecular flexibility index (Phi) is 6.86. The molecule has 4 rings (SSSR count). The minimum atomic E-state index is 0.233. The molecule has 0 unspecified atom stereocenters. The summed E-state index contributed by atoms with van der Waals surface area (Å²) in [6, 6.07) is 10.6. The highest BCUT2D eigenvalue weighted by Crippen LogP contribution is 2.26. The van der Waals surface area contributed by atoms with Crippen LogP contribution in [0, 0.1) is 5.92 Å². The maximum absolute atomic E-state index is 12.8. The summed E-state index contributed by atoms with van der Waals surface area (Å²) in [4.78, 5) is 32.1. The smallest absolute Gasteiger partial charge is 0.226 e. The third kappa shape index (κ3) is 5.19. The Morgan fingerprint density at radius 2 is 1.41 bits per heavy atom. The van der Waals surface area contributed by atoms with Gasteiger partial charge in [-0.05, 0) is 63.6 Å². The Morgan fingerprint density at radius 1 is 0.759 bits per heavy atom. The fraction of sp³-hybridized carbons (Fsp3) is 0.667. The van der Waals surface area contributed by atoms with Gasteiger partial charge in [0.2, 0.25) is 11.8 Å². The molecular formula is C24H35N3O2. The van der Waals surface area contributed by atoms with Crippen molar-refractivity contribution in [1.29, 1.82) is 0 Å². The van der Waals surface area contributed by atoms with E-state index in [-0.39, 0.29) is 11.8 Å². The SMILES string of the molecule is O=C(Cc1ccccc1)N1CCC(N2CCC(C(=O)N3CCCCC3)CC2)CC1. The van der Waals surface area contributed by atoms with E-state index in [1.807, 2.05) is 35.2 Å². The topological polar surface area (TPSA) is 43.9 Å². The number of hydrogen-bond acceptors (Lipinski definition) is 3. The Balaban J connectivity index is 1.20. The predicted octanol–water partition coefficient (Wildman–Crippen LogP) is 2.94. The molecule has 3 aliphatic heterocycles. The van der Waals surface area contributed by atoms with Crippen molar-refractivity contribution in [3.05, 3.63) is 35.9 Å². The number of rotatable bonds is 4. The summed E-state index contributed by atoms with van der Waals surface area (Å²) in [5, 5.41) is 0. The summed E-state index contributed by atoms with van der Waals surface area (Å²) in [6.45, 7) is 5.73. The molecule has 5 nitrogen and oxygen atoms in total. The summed E-state index contributed by atoms with van der Waals surface area (Å²) in [5.41, 5.74) is 1.10. The van der Waals surface area contributed by atoms with Gasteiger partial charge in [-0.25, -0.2) is 0 Å². The van der Waals surface area contributed by atoms with E-state index in [1.54, 1.807) is 0 Å². The molecule has 0 bridgehead atoms. The van der Waals surface area contributed by atoms with E-state index in [4.69, 9.17) is 0 Å². The van der Waals surface area contributed by atoms with Gasteiger partial charge in [-0.15, -0.1) is 0 Å². The predicted molar refractivity (Wildman–Crippen MR) is 114 cm³/mol. The number of likely N-dealkylation sites (tertiary alicyclic amines) is 3. The number of nitrogens with zero attached hydrogens (tertiary/aromatic N) is 3. The third-order valence-corrected chi connectivity index (χ3v) is 7.08. The van der Waals surface area contributed by atoms with Crippen LogP contribution in [0.3, 0.4) is 0 Å². The highest BCUT2D eigenvalue weighted by atomic mass is 16.2. The van der Waals surface area contributed by atoms with Crippen LogP contribution in [-0.4, -0.2) is 71.8 Å². The molecule has 3 saturated heterocycles. The van der Waals surface area contributed by atoms with Crippen molar-refractivity contribution in [2.45, 2.75) is 57.4 Å². The van der Waals surface area contributed by atoms with E-state index in [2.05, 4.69) is 9.80 Å². The van der Waals surface area contributed by atoms with Crippen LogP contribution in [-0.2, 0) is 16.0 Å². The second-order valence-electron chi connectivity index (χ2n) is 8.97. The molecular weight excluding hydrogens is 362 g/mol. The average Bonchev–Trinajstić information content (AvgIpc) is 2.80. The average molecular weight is 398 g/mol. The summed E-state index contributed by atoms with van der Waals surface area (Å²) in [6.07, 6.45) is 8.25. The zero-order valence-electron chi connectivity index (χ0n) is 17.6. The highest BCUT2D eigenvalue weighted by Gasteiger charge is 2.33. The lowest BCUT2D eigenvalue weighted by Gasteiger charge is -2.42. The number of amides is 2. The normalized spacial score (nSPS) is 22.6. The van der Waals surface area contributed by atoms with Crippen LogP contribution in [0.1, 0.15) is 50.5 Å². The lowest BCUT2D eigenvalue weighted by atomic mass is 9.91. The summed E-state index contributed by atoms with van der Waals surface area (Å²) < 4.78 is 0.